The molecule has 1 amide bonds. The molecule has 0 saturated carbocycles. The quantitative estimate of drug-likeness (QED) is 0.526. The second kappa shape index (κ2) is 7.52. The van der Waals surface area contributed by atoms with Gasteiger partial charge in [-0.1, -0.05) is 42.0 Å². The number of nitrogens with one attached hydrogen (secondary N) is 2. The van der Waals surface area contributed by atoms with E-state index in [9.17, 15) is 13.2 Å². The molecule has 0 saturated heterocycles. The van der Waals surface area contributed by atoms with Gasteiger partial charge in [-0.3, -0.25) is 4.79 Å². The summed E-state index contributed by atoms with van der Waals surface area (Å²) < 4.78 is 24.9. The van der Waals surface area contributed by atoms with Crippen LogP contribution in [0.4, 0.5) is 5.69 Å². The van der Waals surface area contributed by atoms with Crippen LogP contribution < -0.4 is 5.32 Å². The molecule has 0 atom stereocenters. The van der Waals surface area contributed by atoms with E-state index < -0.39 is 21.5 Å². The Morgan fingerprint density at radius 1 is 1.00 bits per heavy atom. The Hall–Kier alpha value is -3.45. The molecule has 6 nitrogen and oxygen atoms in total. The third-order valence-corrected chi connectivity index (χ3v) is 6.14. The smallest absolute Gasteiger partial charge is 0.239 e. The van der Waals surface area contributed by atoms with Gasteiger partial charge in [0.05, 0.1) is 15.9 Å². The molecule has 0 aliphatic rings. The van der Waals surface area contributed by atoms with Crippen LogP contribution in [0.1, 0.15) is 5.56 Å². The second-order valence-electron chi connectivity index (χ2n) is 6.80. The molecule has 4 rings (SSSR count). The zero-order chi connectivity index (χ0) is 20.4. The van der Waals surface area contributed by atoms with Gasteiger partial charge in [0.25, 0.3) is 0 Å². The number of sulfone groups is 1. The van der Waals surface area contributed by atoms with Crippen molar-refractivity contribution in [2.24, 2.45) is 0 Å². The van der Waals surface area contributed by atoms with Crippen LogP contribution in [0.5, 0.6) is 0 Å². The molecule has 2 N–H and O–H groups in total. The van der Waals surface area contributed by atoms with Crippen molar-refractivity contribution in [2.75, 3.05) is 11.1 Å². The maximum atomic E-state index is 12.5. The number of aryl methyl sites for hydroxylation is 1. The number of aromatic amines is 1. The number of anilines is 1. The first-order valence-electron chi connectivity index (χ1n) is 9.05. The van der Waals surface area contributed by atoms with Crippen LogP contribution in [0.25, 0.3) is 22.4 Å². The number of imidazole rings is 1. The zero-order valence-corrected chi connectivity index (χ0v) is 16.5. The number of nitrogens with zero attached hydrogens (tertiary/aromatic N) is 1. The van der Waals surface area contributed by atoms with Crippen LogP contribution in [0, 0.1) is 6.92 Å². The lowest BCUT2D eigenvalue weighted by molar-refractivity contribution is -0.113. The normalized spacial score (nSPS) is 11.5. The lowest BCUT2D eigenvalue weighted by Crippen LogP contribution is -2.23. The van der Waals surface area contributed by atoms with Gasteiger partial charge < -0.3 is 10.3 Å². The molecule has 0 fully saturated rings. The average molecular weight is 405 g/mol. The molecule has 0 spiro atoms. The summed E-state index contributed by atoms with van der Waals surface area (Å²) in [6, 6.07) is 21.3. The van der Waals surface area contributed by atoms with Gasteiger partial charge in [-0.25, -0.2) is 13.4 Å². The zero-order valence-electron chi connectivity index (χ0n) is 15.7. The van der Waals surface area contributed by atoms with E-state index in [2.05, 4.69) is 15.3 Å². The number of rotatable bonds is 5. The minimum Gasteiger partial charge on any atom is -0.338 e. The molecule has 4 aromatic rings. The molecule has 0 unspecified atom stereocenters. The molecule has 0 aliphatic heterocycles. The third kappa shape index (κ3) is 4.20. The molecule has 1 heterocycles. The highest BCUT2D eigenvalue weighted by Gasteiger charge is 2.19. The highest BCUT2D eigenvalue weighted by molar-refractivity contribution is 7.92. The highest BCUT2D eigenvalue weighted by atomic mass is 32.2. The van der Waals surface area contributed by atoms with E-state index in [1.54, 1.807) is 30.3 Å². The van der Waals surface area contributed by atoms with Gasteiger partial charge in [0.15, 0.2) is 9.84 Å². The van der Waals surface area contributed by atoms with E-state index in [0.29, 0.717) is 11.5 Å². The second-order valence-corrected chi connectivity index (χ2v) is 8.79. The van der Waals surface area contributed by atoms with Gasteiger partial charge >= 0.3 is 0 Å². The number of para-hydroxylation sites is 2. The highest BCUT2D eigenvalue weighted by Crippen LogP contribution is 2.23. The van der Waals surface area contributed by atoms with Gasteiger partial charge in [0.1, 0.15) is 11.6 Å². The molecular formula is C22H19N3O3S. The van der Waals surface area contributed by atoms with Crippen molar-refractivity contribution in [1.29, 1.82) is 0 Å². The Balaban J connectivity index is 1.51. The summed E-state index contributed by atoms with van der Waals surface area (Å²) in [6.07, 6.45) is 0. The van der Waals surface area contributed by atoms with E-state index in [-0.39, 0.29) is 4.90 Å². The van der Waals surface area contributed by atoms with Crippen molar-refractivity contribution in [3.63, 3.8) is 0 Å². The average Bonchev–Trinajstić information content (AvgIpc) is 3.12. The van der Waals surface area contributed by atoms with Crippen LogP contribution in [0.2, 0.25) is 0 Å². The number of benzene rings is 3. The fourth-order valence-corrected chi connectivity index (χ4v) is 4.17. The number of aromatic nitrogens is 2. The van der Waals surface area contributed by atoms with Crippen molar-refractivity contribution < 1.29 is 13.2 Å². The number of hydrogen-bond acceptors (Lipinski definition) is 4. The first kappa shape index (κ1) is 18.9. The molecule has 0 aliphatic carbocycles. The summed E-state index contributed by atoms with van der Waals surface area (Å²) in [5, 5.41) is 2.66. The number of carbonyl (C=O) groups excluding carboxylic acids is 1. The molecule has 3 aromatic carbocycles. The van der Waals surface area contributed by atoms with Crippen molar-refractivity contribution in [3.8, 4) is 11.4 Å². The predicted molar refractivity (Wildman–Crippen MR) is 113 cm³/mol. The summed E-state index contributed by atoms with van der Waals surface area (Å²) in [5.41, 5.74) is 4.02. The van der Waals surface area contributed by atoms with Crippen LogP contribution in [-0.4, -0.2) is 30.0 Å². The topological polar surface area (TPSA) is 91.9 Å². The van der Waals surface area contributed by atoms with E-state index >= 15 is 0 Å². The largest absolute Gasteiger partial charge is 0.338 e. The first-order chi connectivity index (χ1) is 13.9. The lowest BCUT2D eigenvalue weighted by atomic mass is 10.2. The van der Waals surface area contributed by atoms with E-state index in [1.807, 2.05) is 37.3 Å². The molecule has 29 heavy (non-hydrogen) atoms. The maximum Gasteiger partial charge on any atom is 0.239 e. The van der Waals surface area contributed by atoms with Crippen molar-refractivity contribution in [3.05, 3.63) is 78.4 Å². The number of amides is 1. The monoisotopic (exact) mass is 405 g/mol. The molecule has 0 bridgehead atoms. The summed E-state index contributed by atoms with van der Waals surface area (Å²) in [6.45, 7) is 1.87. The maximum absolute atomic E-state index is 12.5. The fraction of sp³-hybridized carbons (Fsp3) is 0.0909. The minimum atomic E-state index is -3.71. The number of fused-ring (bicyclic) bond motifs is 1. The Kier molecular flexibility index (Phi) is 4.90. The Morgan fingerprint density at radius 2 is 1.76 bits per heavy atom. The van der Waals surface area contributed by atoms with Gasteiger partial charge in [-0.2, -0.15) is 0 Å². The van der Waals surface area contributed by atoms with Crippen molar-refractivity contribution in [2.45, 2.75) is 11.8 Å². The van der Waals surface area contributed by atoms with Crippen LogP contribution >= 0.6 is 0 Å². The molecule has 0 radical (unpaired) electrons. The molecular weight excluding hydrogens is 386 g/mol. The summed E-state index contributed by atoms with van der Waals surface area (Å²) in [4.78, 5) is 20.3. The fourth-order valence-electron chi connectivity index (χ4n) is 3.03. The van der Waals surface area contributed by atoms with E-state index in [4.69, 9.17) is 0 Å². The Labute approximate surface area is 168 Å². The summed E-state index contributed by atoms with van der Waals surface area (Å²) >= 11 is 0. The molecule has 7 heteroatoms. The standard InChI is InChI=1S/C22H19N3O3S/c1-15-9-11-18(12-10-15)29(27,28)14-21(26)23-17-6-4-5-16(13-17)22-24-19-7-2-3-8-20(19)25-22/h2-13H,14H2,1H3,(H,23,26)(H,24,25). The Morgan fingerprint density at radius 3 is 2.52 bits per heavy atom. The molecule has 146 valence electrons. The third-order valence-electron chi connectivity index (χ3n) is 4.51. The minimum absolute atomic E-state index is 0.134. The first-order valence-corrected chi connectivity index (χ1v) is 10.7. The molecule has 1 aromatic heterocycles. The summed E-state index contributed by atoms with van der Waals surface area (Å²) in [5.74, 6) is -0.535. The SMILES string of the molecule is Cc1ccc(S(=O)(=O)CC(=O)Nc2cccc(-c3nc4ccccc4[nH]3)c2)cc1. The van der Waals surface area contributed by atoms with Gasteiger partial charge in [-0.15, -0.1) is 0 Å². The van der Waals surface area contributed by atoms with Crippen molar-refractivity contribution in [1.82, 2.24) is 9.97 Å². The van der Waals surface area contributed by atoms with Gasteiger partial charge in [0, 0.05) is 11.3 Å². The lowest BCUT2D eigenvalue weighted by Gasteiger charge is -2.08. The number of H-pyrrole nitrogens is 1. The van der Waals surface area contributed by atoms with Gasteiger partial charge in [0.2, 0.25) is 5.91 Å². The van der Waals surface area contributed by atoms with Gasteiger partial charge in [-0.05, 0) is 43.3 Å². The van der Waals surface area contributed by atoms with Crippen molar-refractivity contribution >= 4 is 32.5 Å². The van der Waals surface area contributed by atoms with Crippen LogP contribution in [-0.2, 0) is 14.6 Å². The Bertz CT molecular complexity index is 1260. The van der Waals surface area contributed by atoms with Crippen LogP contribution in [0.3, 0.4) is 0 Å². The summed E-state index contributed by atoms with van der Waals surface area (Å²) in [7, 11) is -3.71. The number of hydrogen-bond donors (Lipinski definition) is 2. The number of carbonyl (C=O) groups is 1. The predicted octanol–water partition coefficient (Wildman–Crippen LogP) is 3.95. The van der Waals surface area contributed by atoms with Crippen LogP contribution in [0.15, 0.2) is 77.7 Å². The van der Waals surface area contributed by atoms with E-state index in [1.165, 1.54) is 12.1 Å². The van der Waals surface area contributed by atoms with E-state index in [0.717, 1.165) is 22.2 Å².